The van der Waals surface area contributed by atoms with Gasteiger partial charge < -0.3 is 5.32 Å². The Hall–Kier alpha value is -2.24. The number of rotatable bonds is 5. The lowest BCUT2D eigenvalue weighted by Crippen LogP contribution is -2.59. The van der Waals surface area contributed by atoms with Crippen LogP contribution in [0.1, 0.15) is 55.0 Å². The molecule has 144 valence electrons. The van der Waals surface area contributed by atoms with Crippen molar-refractivity contribution in [3.63, 3.8) is 0 Å². The SMILES string of the molecule is Cc1cc(C(F)F)nn1CC(=O)N[C@H]1C2CCCCC2[C@@H]1c1ccccc1. The smallest absolute Gasteiger partial charge is 0.282 e. The van der Waals surface area contributed by atoms with Crippen LogP contribution >= 0.6 is 0 Å². The van der Waals surface area contributed by atoms with Gasteiger partial charge >= 0.3 is 0 Å². The third-order valence-electron chi connectivity index (χ3n) is 6.21. The van der Waals surface area contributed by atoms with Crippen molar-refractivity contribution in [2.24, 2.45) is 11.8 Å². The number of carbonyl (C=O) groups is 1. The topological polar surface area (TPSA) is 46.9 Å². The molecule has 2 aliphatic rings. The Morgan fingerprint density at radius 3 is 2.59 bits per heavy atom. The van der Waals surface area contributed by atoms with Gasteiger partial charge in [0, 0.05) is 17.7 Å². The molecule has 0 saturated heterocycles. The van der Waals surface area contributed by atoms with E-state index in [4.69, 9.17) is 0 Å². The van der Waals surface area contributed by atoms with E-state index in [2.05, 4.69) is 22.5 Å². The number of amides is 1. The first-order chi connectivity index (χ1) is 13.0. The van der Waals surface area contributed by atoms with Gasteiger partial charge in [0.1, 0.15) is 12.2 Å². The highest BCUT2D eigenvalue weighted by atomic mass is 19.3. The summed E-state index contributed by atoms with van der Waals surface area (Å²) in [6.45, 7) is 1.67. The Morgan fingerprint density at radius 1 is 1.22 bits per heavy atom. The predicted molar refractivity (Wildman–Crippen MR) is 98.5 cm³/mol. The van der Waals surface area contributed by atoms with Gasteiger partial charge in [-0.05, 0) is 43.2 Å². The summed E-state index contributed by atoms with van der Waals surface area (Å²) in [6, 6.07) is 11.8. The molecule has 2 unspecified atom stereocenters. The quantitative estimate of drug-likeness (QED) is 0.853. The van der Waals surface area contributed by atoms with E-state index in [0.29, 0.717) is 23.4 Å². The molecule has 4 atom stereocenters. The van der Waals surface area contributed by atoms with Gasteiger partial charge in [0.05, 0.1) is 0 Å². The normalized spacial score (nSPS) is 27.1. The fourth-order valence-corrected chi connectivity index (χ4v) is 4.96. The van der Waals surface area contributed by atoms with Gasteiger partial charge in [0.25, 0.3) is 6.43 Å². The number of hydrogen-bond acceptors (Lipinski definition) is 2. The Bertz CT molecular complexity index is 805. The Labute approximate surface area is 158 Å². The van der Waals surface area contributed by atoms with E-state index in [-0.39, 0.29) is 24.2 Å². The minimum atomic E-state index is -2.62. The molecule has 0 aliphatic heterocycles. The van der Waals surface area contributed by atoms with Crippen LogP contribution in [-0.4, -0.2) is 21.7 Å². The molecule has 1 amide bonds. The number of carbonyl (C=O) groups excluding carboxylic acids is 1. The number of nitrogens with one attached hydrogen (secondary N) is 1. The maximum absolute atomic E-state index is 12.8. The summed E-state index contributed by atoms with van der Waals surface area (Å²) in [6.07, 6.45) is 2.21. The lowest BCUT2D eigenvalue weighted by Gasteiger charge is -2.55. The van der Waals surface area contributed by atoms with E-state index in [1.54, 1.807) is 6.92 Å². The van der Waals surface area contributed by atoms with Crippen LogP contribution in [0.15, 0.2) is 36.4 Å². The van der Waals surface area contributed by atoms with Crippen LogP contribution in [0.2, 0.25) is 0 Å². The van der Waals surface area contributed by atoms with Crippen molar-refractivity contribution in [1.29, 1.82) is 0 Å². The largest absolute Gasteiger partial charge is 0.351 e. The fraction of sp³-hybridized carbons (Fsp3) is 0.524. The molecule has 0 spiro atoms. The Balaban J connectivity index is 1.47. The lowest BCUT2D eigenvalue weighted by atomic mass is 9.53. The number of hydrogen-bond donors (Lipinski definition) is 1. The highest BCUT2D eigenvalue weighted by Gasteiger charge is 2.51. The van der Waals surface area contributed by atoms with Crippen LogP contribution in [0.3, 0.4) is 0 Å². The molecule has 2 aromatic rings. The van der Waals surface area contributed by atoms with Crippen molar-refractivity contribution in [2.45, 2.75) is 57.5 Å². The molecule has 2 fully saturated rings. The molecule has 1 aromatic heterocycles. The van der Waals surface area contributed by atoms with Crippen LogP contribution in [0.25, 0.3) is 0 Å². The van der Waals surface area contributed by atoms with Gasteiger partial charge in [-0.1, -0.05) is 43.2 Å². The molecular weight excluding hydrogens is 348 g/mol. The zero-order valence-corrected chi connectivity index (χ0v) is 15.4. The zero-order valence-electron chi connectivity index (χ0n) is 15.4. The third kappa shape index (κ3) is 3.49. The standard InChI is InChI=1S/C21H25F2N3O/c1-13-11-17(21(22)23)25-26(13)12-18(27)24-20-16-10-6-5-9-15(16)19(20)14-7-3-2-4-8-14/h2-4,7-8,11,15-16,19-21H,5-6,9-10,12H2,1H3,(H,24,27)/t15?,16?,19-,20-/m0/s1. The van der Waals surface area contributed by atoms with Gasteiger partial charge in [0.15, 0.2) is 0 Å². The van der Waals surface area contributed by atoms with Crippen molar-refractivity contribution in [1.82, 2.24) is 15.1 Å². The van der Waals surface area contributed by atoms with E-state index in [1.165, 1.54) is 35.6 Å². The number of fused-ring (bicyclic) bond motifs is 1. The fourth-order valence-electron chi connectivity index (χ4n) is 4.96. The molecule has 27 heavy (non-hydrogen) atoms. The second kappa shape index (κ2) is 7.41. The molecule has 4 rings (SSSR count). The van der Waals surface area contributed by atoms with E-state index in [9.17, 15) is 13.6 Å². The summed E-state index contributed by atoms with van der Waals surface area (Å²) >= 11 is 0. The number of alkyl halides is 2. The van der Waals surface area contributed by atoms with E-state index in [0.717, 1.165) is 6.42 Å². The molecule has 0 bridgehead atoms. The number of benzene rings is 1. The van der Waals surface area contributed by atoms with Crippen molar-refractivity contribution in [2.75, 3.05) is 0 Å². The van der Waals surface area contributed by atoms with Crippen LogP contribution in [0, 0.1) is 18.8 Å². The summed E-state index contributed by atoms with van der Waals surface area (Å²) < 4.78 is 27.0. The maximum Gasteiger partial charge on any atom is 0.282 e. The van der Waals surface area contributed by atoms with Crippen LogP contribution in [0.4, 0.5) is 8.78 Å². The molecule has 2 saturated carbocycles. The van der Waals surface area contributed by atoms with Gasteiger partial charge in [-0.25, -0.2) is 8.78 Å². The van der Waals surface area contributed by atoms with Crippen LogP contribution in [-0.2, 0) is 11.3 Å². The first-order valence-electron chi connectivity index (χ1n) is 9.71. The van der Waals surface area contributed by atoms with Crippen LogP contribution in [0.5, 0.6) is 0 Å². The Morgan fingerprint density at radius 2 is 1.93 bits per heavy atom. The van der Waals surface area contributed by atoms with Gasteiger partial charge in [-0.2, -0.15) is 5.10 Å². The summed E-state index contributed by atoms with van der Waals surface area (Å²) in [5.74, 6) is 1.33. The molecule has 0 radical (unpaired) electrons. The van der Waals surface area contributed by atoms with Gasteiger partial charge in [0.2, 0.25) is 5.91 Å². The third-order valence-corrected chi connectivity index (χ3v) is 6.21. The first-order valence-corrected chi connectivity index (χ1v) is 9.71. The monoisotopic (exact) mass is 373 g/mol. The second-order valence-corrected chi connectivity index (χ2v) is 7.81. The summed E-state index contributed by atoms with van der Waals surface area (Å²) in [5.41, 5.74) is 1.57. The molecule has 1 N–H and O–H groups in total. The van der Waals surface area contributed by atoms with Crippen molar-refractivity contribution < 1.29 is 13.6 Å². The van der Waals surface area contributed by atoms with E-state index >= 15 is 0 Å². The van der Waals surface area contributed by atoms with Crippen molar-refractivity contribution in [3.05, 3.63) is 53.3 Å². The number of nitrogens with zero attached hydrogens (tertiary/aromatic N) is 2. The van der Waals surface area contributed by atoms with Crippen molar-refractivity contribution in [3.8, 4) is 0 Å². The van der Waals surface area contributed by atoms with Crippen molar-refractivity contribution >= 4 is 5.91 Å². The summed E-state index contributed by atoms with van der Waals surface area (Å²) in [7, 11) is 0. The zero-order chi connectivity index (χ0) is 19.0. The molecule has 1 aromatic carbocycles. The molecule has 6 heteroatoms. The highest BCUT2D eigenvalue weighted by Crippen LogP contribution is 2.54. The maximum atomic E-state index is 12.8. The number of halogens is 2. The molecular formula is C21H25F2N3O. The van der Waals surface area contributed by atoms with E-state index in [1.807, 2.05) is 18.2 Å². The Kier molecular flexibility index (Phi) is 4.98. The average Bonchev–Trinajstić information content (AvgIpc) is 3.02. The molecule has 1 heterocycles. The second-order valence-electron chi connectivity index (χ2n) is 7.81. The van der Waals surface area contributed by atoms with Gasteiger partial charge in [-0.3, -0.25) is 9.48 Å². The van der Waals surface area contributed by atoms with Crippen LogP contribution < -0.4 is 5.32 Å². The van der Waals surface area contributed by atoms with Gasteiger partial charge in [-0.15, -0.1) is 0 Å². The number of aryl methyl sites for hydroxylation is 1. The number of aromatic nitrogens is 2. The minimum absolute atomic E-state index is 0.0199. The van der Waals surface area contributed by atoms with E-state index < -0.39 is 6.43 Å². The molecule has 2 aliphatic carbocycles. The summed E-state index contributed by atoms with van der Waals surface area (Å²) in [5, 5.41) is 7.06. The molecule has 4 nitrogen and oxygen atoms in total. The highest BCUT2D eigenvalue weighted by molar-refractivity contribution is 5.76. The first kappa shape index (κ1) is 18.1. The lowest BCUT2D eigenvalue weighted by molar-refractivity contribution is -0.125. The summed E-state index contributed by atoms with van der Waals surface area (Å²) in [4.78, 5) is 12.6. The average molecular weight is 373 g/mol. The minimum Gasteiger partial charge on any atom is -0.351 e. The predicted octanol–water partition coefficient (Wildman–Crippen LogP) is 4.22.